The smallest absolute Gasteiger partial charge is 0.242 e. The zero-order valence-corrected chi connectivity index (χ0v) is 18.1. The first-order valence-corrected chi connectivity index (χ1v) is 10.7. The minimum Gasteiger partial charge on any atom is -0.489 e. The Morgan fingerprint density at radius 3 is 2.31 bits per heavy atom. The van der Waals surface area contributed by atoms with Gasteiger partial charge in [0.05, 0.1) is 5.69 Å². The van der Waals surface area contributed by atoms with Crippen molar-refractivity contribution >= 4 is 23.1 Å². The summed E-state index contributed by atoms with van der Waals surface area (Å²) in [4.78, 5) is 25.6. The van der Waals surface area contributed by atoms with Gasteiger partial charge < -0.3 is 14.2 Å². The highest BCUT2D eigenvalue weighted by atomic mass is 16.5. The molecule has 4 aromatic rings. The van der Waals surface area contributed by atoms with Crippen molar-refractivity contribution in [2.75, 3.05) is 13.6 Å². The largest absolute Gasteiger partial charge is 0.489 e. The van der Waals surface area contributed by atoms with E-state index in [2.05, 4.69) is 24.3 Å². The van der Waals surface area contributed by atoms with Gasteiger partial charge in [-0.15, -0.1) is 0 Å². The van der Waals surface area contributed by atoms with Crippen LogP contribution in [0.5, 0.6) is 5.75 Å². The lowest BCUT2D eigenvalue weighted by molar-refractivity contribution is -0.130. The normalized spacial score (nSPS) is 11.4. The van der Waals surface area contributed by atoms with E-state index in [-0.39, 0.29) is 12.5 Å². The van der Waals surface area contributed by atoms with Gasteiger partial charge in [0.15, 0.2) is 6.29 Å². The second kappa shape index (κ2) is 9.96. The molecule has 2 aliphatic rings. The topological polar surface area (TPSA) is 51.5 Å². The van der Waals surface area contributed by atoms with Crippen molar-refractivity contribution in [2.24, 2.45) is 0 Å². The summed E-state index contributed by atoms with van der Waals surface area (Å²) in [7, 11) is 1.80. The first-order valence-electron chi connectivity index (χ1n) is 10.7. The predicted molar refractivity (Wildman–Crippen MR) is 126 cm³/mol. The third-order valence-corrected chi connectivity index (χ3v) is 5.59. The molecule has 0 spiro atoms. The van der Waals surface area contributed by atoms with Gasteiger partial charge in [-0.25, -0.2) is 0 Å². The Morgan fingerprint density at radius 2 is 1.72 bits per heavy atom. The van der Waals surface area contributed by atoms with Gasteiger partial charge in [-0.1, -0.05) is 60.7 Å². The van der Waals surface area contributed by atoms with Crippen LogP contribution in [0.3, 0.4) is 0 Å². The summed E-state index contributed by atoms with van der Waals surface area (Å²) in [5.74, 6) is 0.982. The highest BCUT2D eigenvalue weighted by Crippen LogP contribution is 2.20. The van der Waals surface area contributed by atoms with E-state index >= 15 is 0 Å². The molecular weight excluding hydrogens is 400 g/mol. The monoisotopic (exact) mass is 426 g/mol. The molecule has 0 radical (unpaired) electrons. The second-order valence-corrected chi connectivity index (χ2v) is 7.82. The van der Waals surface area contributed by atoms with Crippen molar-refractivity contribution in [2.45, 2.75) is 19.6 Å². The van der Waals surface area contributed by atoms with Crippen LogP contribution in [0.4, 0.5) is 0 Å². The molecule has 0 atom stereocenters. The molecule has 6 rings (SSSR count). The number of hydrogen-bond donors (Lipinski definition) is 0. The van der Waals surface area contributed by atoms with E-state index in [4.69, 9.17) is 4.74 Å². The standard InChI is InChI=1S/C20H20N2O2.C7H6O/c1-21(12-11-16-7-3-2-4-8-16)20(24)14-22-18(15-23)13-17-9-5-6-10-19(17)22;1-3-7-4-2-6(1)5-8-7/h2-10,13,15H,11-12,14H2,1H3;1-4H,5H2. The highest BCUT2D eigenvalue weighted by Gasteiger charge is 2.14. The van der Waals surface area contributed by atoms with Crippen LogP contribution in [0, 0.1) is 0 Å². The first kappa shape index (κ1) is 21.4. The number of ether oxygens (including phenoxy) is 1. The number of aldehydes is 1. The predicted octanol–water partition coefficient (Wildman–Crippen LogP) is 4.73. The summed E-state index contributed by atoms with van der Waals surface area (Å²) in [6.45, 7) is 1.59. The maximum Gasteiger partial charge on any atom is 0.242 e. The summed E-state index contributed by atoms with van der Waals surface area (Å²) in [6, 6.07) is 27.8. The minimum atomic E-state index is -0.00427. The fourth-order valence-electron chi connectivity index (χ4n) is 3.68. The van der Waals surface area contributed by atoms with Gasteiger partial charge in [0.1, 0.15) is 18.9 Å². The van der Waals surface area contributed by atoms with Crippen molar-refractivity contribution < 1.29 is 14.3 Å². The maximum absolute atomic E-state index is 12.5. The molecular formula is C27H26N2O3. The van der Waals surface area contributed by atoms with Crippen molar-refractivity contribution in [3.63, 3.8) is 0 Å². The fraction of sp³-hybridized carbons (Fsp3) is 0.185. The fourth-order valence-corrected chi connectivity index (χ4v) is 3.68. The number of fused-ring (bicyclic) bond motifs is 4. The third-order valence-electron chi connectivity index (χ3n) is 5.59. The molecule has 2 aliphatic heterocycles. The summed E-state index contributed by atoms with van der Waals surface area (Å²) in [5, 5.41) is 0.972. The minimum absolute atomic E-state index is 0.00427. The zero-order chi connectivity index (χ0) is 22.3. The number of aromatic nitrogens is 1. The Kier molecular flexibility index (Phi) is 6.66. The molecule has 0 N–H and O–H groups in total. The highest BCUT2D eigenvalue weighted by molar-refractivity contribution is 5.90. The third kappa shape index (κ3) is 5.06. The average Bonchev–Trinajstić information content (AvgIpc) is 3.22. The summed E-state index contributed by atoms with van der Waals surface area (Å²) in [6.07, 6.45) is 1.62. The molecule has 1 aromatic heterocycles. The Hall–Kier alpha value is -3.86. The number of hydrogen-bond acceptors (Lipinski definition) is 3. The molecule has 2 bridgehead atoms. The first-order chi connectivity index (χ1) is 15.6. The van der Waals surface area contributed by atoms with E-state index in [0.29, 0.717) is 12.2 Å². The number of likely N-dealkylation sites (N-methyl/N-ethyl adjacent to an activating group) is 1. The molecule has 5 nitrogen and oxygen atoms in total. The van der Waals surface area contributed by atoms with E-state index < -0.39 is 0 Å². The molecule has 0 saturated heterocycles. The van der Waals surface area contributed by atoms with E-state index in [9.17, 15) is 9.59 Å². The van der Waals surface area contributed by atoms with Gasteiger partial charge in [-0.2, -0.15) is 0 Å². The number of benzene rings is 3. The molecule has 0 aliphatic carbocycles. The van der Waals surface area contributed by atoms with Crippen molar-refractivity contribution in [1.82, 2.24) is 9.47 Å². The zero-order valence-electron chi connectivity index (χ0n) is 18.1. The lowest BCUT2D eigenvalue weighted by atomic mass is 10.1. The Bertz CT molecular complexity index is 1170. The van der Waals surface area contributed by atoms with Crippen LogP contribution < -0.4 is 4.74 Å². The number of para-hydroxylation sites is 1. The lowest BCUT2D eigenvalue weighted by Crippen LogP contribution is -2.32. The molecule has 3 heterocycles. The van der Waals surface area contributed by atoms with Crippen LogP contribution in [0.15, 0.2) is 84.9 Å². The van der Waals surface area contributed by atoms with Crippen LogP contribution in [-0.4, -0.2) is 35.3 Å². The average molecular weight is 427 g/mol. The number of rotatable bonds is 6. The Morgan fingerprint density at radius 1 is 1.00 bits per heavy atom. The number of carbonyl (C=O) groups excluding carboxylic acids is 2. The van der Waals surface area contributed by atoms with Gasteiger partial charge in [-0.3, -0.25) is 9.59 Å². The summed E-state index contributed by atoms with van der Waals surface area (Å²) in [5.41, 5.74) is 3.91. The number of nitrogens with zero attached hydrogens (tertiary/aromatic N) is 2. The van der Waals surface area contributed by atoms with Crippen LogP contribution in [-0.2, 0) is 24.4 Å². The van der Waals surface area contributed by atoms with Crippen LogP contribution >= 0.6 is 0 Å². The van der Waals surface area contributed by atoms with Crippen molar-refractivity contribution in [1.29, 1.82) is 0 Å². The quantitative estimate of drug-likeness (QED) is 0.419. The SMILES string of the molecule is CN(CCc1ccccc1)C(=O)Cn1c(C=O)cc2ccccc21.c1cc2ccc1CO2. The van der Waals surface area contributed by atoms with Crippen LogP contribution in [0.2, 0.25) is 0 Å². The molecule has 3 aromatic carbocycles. The van der Waals surface area contributed by atoms with E-state index in [1.165, 1.54) is 11.1 Å². The molecule has 5 heteroatoms. The van der Waals surface area contributed by atoms with Crippen LogP contribution in [0.1, 0.15) is 21.6 Å². The number of carbonyl (C=O) groups is 2. The number of amides is 1. The van der Waals surface area contributed by atoms with E-state index in [1.54, 1.807) is 16.5 Å². The van der Waals surface area contributed by atoms with Gasteiger partial charge >= 0.3 is 0 Å². The second-order valence-electron chi connectivity index (χ2n) is 7.82. The Balaban J connectivity index is 0.000000254. The van der Waals surface area contributed by atoms with Gasteiger partial charge in [-0.05, 0) is 41.8 Å². The molecule has 162 valence electrons. The molecule has 1 amide bonds. The van der Waals surface area contributed by atoms with E-state index in [0.717, 1.165) is 36.0 Å². The Labute approximate surface area is 187 Å². The van der Waals surface area contributed by atoms with Crippen molar-refractivity contribution in [3.05, 3.63) is 102 Å². The van der Waals surface area contributed by atoms with Gasteiger partial charge in [0.2, 0.25) is 5.91 Å². The van der Waals surface area contributed by atoms with Gasteiger partial charge in [0, 0.05) is 24.5 Å². The molecule has 0 saturated carbocycles. The molecule has 0 unspecified atom stereocenters. The maximum atomic E-state index is 12.5. The molecule has 0 fully saturated rings. The summed E-state index contributed by atoms with van der Waals surface area (Å²) >= 11 is 0. The molecule has 32 heavy (non-hydrogen) atoms. The summed E-state index contributed by atoms with van der Waals surface area (Å²) < 4.78 is 6.96. The van der Waals surface area contributed by atoms with Gasteiger partial charge in [0.25, 0.3) is 0 Å². The van der Waals surface area contributed by atoms with Crippen LogP contribution in [0.25, 0.3) is 10.9 Å². The van der Waals surface area contributed by atoms with E-state index in [1.807, 2.05) is 60.7 Å². The van der Waals surface area contributed by atoms with Crippen molar-refractivity contribution in [3.8, 4) is 5.75 Å². The lowest BCUT2D eigenvalue weighted by Gasteiger charge is -2.18.